The zero-order valence-corrected chi connectivity index (χ0v) is 16.3. The first-order chi connectivity index (χ1) is 12.0. The van der Waals surface area contributed by atoms with Crippen LogP contribution < -0.4 is 5.32 Å². The second-order valence-electron chi connectivity index (χ2n) is 7.94. The third kappa shape index (κ3) is 6.49. The molecule has 1 N–H and O–H groups in total. The molecule has 0 spiro atoms. The van der Waals surface area contributed by atoms with Crippen LogP contribution >= 0.6 is 0 Å². The third-order valence-electron chi connectivity index (χ3n) is 5.30. The first-order valence-electron chi connectivity index (χ1n) is 9.99. The highest BCUT2D eigenvalue weighted by atomic mass is 16.2. The van der Waals surface area contributed by atoms with E-state index in [1.54, 1.807) is 6.92 Å². The van der Waals surface area contributed by atoms with Gasteiger partial charge in [0.1, 0.15) is 0 Å². The molecule has 0 saturated carbocycles. The Morgan fingerprint density at radius 3 is 2.48 bits per heavy atom. The van der Waals surface area contributed by atoms with E-state index in [0.717, 1.165) is 45.6 Å². The molecule has 0 radical (unpaired) electrons. The highest BCUT2D eigenvalue weighted by molar-refractivity contribution is 5.75. The van der Waals surface area contributed by atoms with Crippen molar-refractivity contribution in [2.45, 2.75) is 58.9 Å². The highest BCUT2D eigenvalue weighted by Crippen LogP contribution is 2.17. The van der Waals surface area contributed by atoms with E-state index in [-0.39, 0.29) is 18.0 Å². The molecule has 0 aliphatic carbocycles. The number of nitrogens with zero attached hydrogens (tertiary/aromatic N) is 3. The maximum Gasteiger partial charge on any atom is 0.317 e. The Hall–Kier alpha value is -1.30. The molecule has 2 heterocycles. The molecule has 3 amide bonds. The largest absolute Gasteiger partial charge is 0.338 e. The van der Waals surface area contributed by atoms with Crippen LogP contribution in [0.2, 0.25) is 0 Å². The van der Waals surface area contributed by atoms with Gasteiger partial charge in [-0.2, -0.15) is 0 Å². The molecule has 144 valence electrons. The topological polar surface area (TPSA) is 55.9 Å². The summed E-state index contributed by atoms with van der Waals surface area (Å²) in [5.74, 6) is 0.578. The number of piperidine rings is 2. The number of hydrogen-bond acceptors (Lipinski definition) is 3. The lowest BCUT2D eigenvalue weighted by molar-refractivity contribution is -0.132. The molecule has 2 fully saturated rings. The molecule has 2 aliphatic heterocycles. The number of hydrogen-bond donors (Lipinski definition) is 1. The lowest BCUT2D eigenvalue weighted by Crippen LogP contribution is -2.55. The molecular formula is C19H36N4O2. The van der Waals surface area contributed by atoms with Gasteiger partial charge in [-0.1, -0.05) is 20.3 Å². The Balaban J connectivity index is 1.86. The molecule has 0 aromatic heterocycles. The molecule has 2 saturated heterocycles. The highest BCUT2D eigenvalue weighted by Gasteiger charge is 2.29. The molecule has 0 bridgehead atoms. The van der Waals surface area contributed by atoms with Crippen LogP contribution in [-0.2, 0) is 4.79 Å². The van der Waals surface area contributed by atoms with Crippen LogP contribution in [0.3, 0.4) is 0 Å². The Bertz CT molecular complexity index is 435. The fourth-order valence-corrected chi connectivity index (χ4v) is 3.83. The lowest BCUT2D eigenvalue weighted by atomic mass is 10.0. The molecular weight excluding hydrogens is 316 g/mol. The van der Waals surface area contributed by atoms with Crippen molar-refractivity contribution in [3.63, 3.8) is 0 Å². The summed E-state index contributed by atoms with van der Waals surface area (Å²) in [5, 5.41) is 3.00. The fraction of sp³-hybridized carbons (Fsp3) is 0.895. The van der Waals surface area contributed by atoms with Crippen LogP contribution in [0.4, 0.5) is 4.79 Å². The zero-order valence-electron chi connectivity index (χ0n) is 16.3. The van der Waals surface area contributed by atoms with Gasteiger partial charge < -0.3 is 20.0 Å². The van der Waals surface area contributed by atoms with E-state index in [1.165, 1.54) is 19.3 Å². The van der Waals surface area contributed by atoms with Crippen molar-refractivity contribution in [3.8, 4) is 0 Å². The summed E-state index contributed by atoms with van der Waals surface area (Å²) in [7, 11) is 0. The van der Waals surface area contributed by atoms with Crippen molar-refractivity contribution in [2.24, 2.45) is 5.92 Å². The van der Waals surface area contributed by atoms with Gasteiger partial charge in [0.05, 0.1) is 0 Å². The maximum absolute atomic E-state index is 12.3. The number of nitrogens with one attached hydrogen (secondary N) is 1. The zero-order chi connectivity index (χ0) is 18.2. The van der Waals surface area contributed by atoms with Gasteiger partial charge in [-0.25, -0.2) is 4.79 Å². The molecule has 6 nitrogen and oxygen atoms in total. The van der Waals surface area contributed by atoms with Crippen molar-refractivity contribution in [1.29, 1.82) is 0 Å². The molecule has 6 heteroatoms. The van der Waals surface area contributed by atoms with Gasteiger partial charge >= 0.3 is 6.03 Å². The molecule has 1 atom stereocenters. The average Bonchev–Trinajstić information content (AvgIpc) is 2.60. The maximum atomic E-state index is 12.3. The Morgan fingerprint density at radius 2 is 1.84 bits per heavy atom. The summed E-state index contributed by atoms with van der Waals surface area (Å²) < 4.78 is 0. The van der Waals surface area contributed by atoms with Gasteiger partial charge in [0.25, 0.3) is 0 Å². The Labute approximate surface area is 152 Å². The van der Waals surface area contributed by atoms with Gasteiger partial charge in [-0.15, -0.1) is 0 Å². The molecule has 1 unspecified atom stereocenters. The second kappa shape index (κ2) is 10.00. The standard InChI is InChI=1S/C19H36N4O2/c1-16(2)14-20-19(25)22-11-7-8-18(15-22)23(17(3)24)13-12-21-9-5-4-6-10-21/h16,18H,4-15H2,1-3H3,(H,20,25). The number of urea groups is 1. The minimum atomic E-state index is 0.0120. The summed E-state index contributed by atoms with van der Waals surface area (Å²) in [6, 6.07) is 0.166. The number of amides is 3. The van der Waals surface area contributed by atoms with Crippen LogP contribution in [0.25, 0.3) is 0 Å². The summed E-state index contributed by atoms with van der Waals surface area (Å²) in [5.41, 5.74) is 0. The van der Waals surface area contributed by atoms with Crippen LogP contribution in [0.1, 0.15) is 52.9 Å². The Kier molecular flexibility index (Phi) is 8.00. The van der Waals surface area contributed by atoms with E-state index in [2.05, 4.69) is 24.1 Å². The van der Waals surface area contributed by atoms with Crippen molar-refractivity contribution in [3.05, 3.63) is 0 Å². The monoisotopic (exact) mass is 352 g/mol. The van der Waals surface area contributed by atoms with Crippen LogP contribution in [-0.4, -0.2) is 78.5 Å². The van der Waals surface area contributed by atoms with Crippen molar-refractivity contribution < 1.29 is 9.59 Å². The van der Waals surface area contributed by atoms with Gasteiger partial charge in [0.15, 0.2) is 0 Å². The predicted molar refractivity (Wildman–Crippen MR) is 101 cm³/mol. The molecule has 0 aromatic carbocycles. The number of rotatable bonds is 6. The molecule has 2 aliphatic rings. The van der Waals surface area contributed by atoms with Crippen LogP contribution in [0.15, 0.2) is 0 Å². The average molecular weight is 353 g/mol. The number of carbonyl (C=O) groups excluding carboxylic acids is 2. The quantitative estimate of drug-likeness (QED) is 0.797. The second-order valence-corrected chi connectivity index (χ2v) is 7.94. The van der Waals surface area contributed by atoms with Gasteiger partial charge in [0.2, 0.25) is 5.91 Å². The van der Waals surface area contributed by atoms with E-state index in [1.807, 2.05) is 9.80 Å². The third-order valence-corrected chi connectivity index (χ3v) is 5.30. The first-order valence-corrected chi connectivity index (χ1v) is 9.99. The van der Waals surface area contributed by atoms with Crippen molar-refractivity contribution in [2.75, 3.05) is 45.8 Å². The molecule has 25 heavy (non-hydrogen) atoms. The predicted octanol–water partition coefficient (Wildman–Crippen LogP) is 2.15. The number of likely N-dealkylation sites (tertiary alicyclic amines) is 2. The lowest BCUT2D eigenvalue weighted by Gasteiger charge is -2.40. The summed E-state index contributed by atoms with van der Waals surface area (Å²) in [4.78, 5) is 30.9. The smallest absolute Gasteiger partial charge is 0.317 e. The van der Waals surface area contributed by atoms with Crippen molar-refractivity contribution >= 4 is 11.9 Å². The first kappa shape index (κ1) is 20.0. The minimum absolute atomic E-state index is 0.0120. The van der Waals surface area contributed by atoms with Gasteiger partial charge in [-0.3, -0.25) is 4.79 Å². The summed E-state index contributed by atoms with van der Waals surface area (Å²) in [6.07, 6.45) is 5.83. The van der Waals surface area contributed by atoms with E-state index in [9.17, 15) is 9.59 Å². The van der Waals surface area contributed by atoms with E-state index >= 15 is 0 Å². The summed E-state index contributed by atoms with van der Waals surface area (Å²) in [6.45, 7) is 12.0. The molecule has 2 rings (SSSR count). The fourth-order valence-electron chi connectivity index (χ4n) is 3.83. The van der Waals surface area contributed by atoms with Crippen LogP contribution in [0.5, 0.6) is 0 Å². The minimum Gasteiger partial charge on any atom is -0.338 e. The van der Waals surface area contributed by atoms with Gasteiger partial charge in [0, 0.05) is 45.7 Å². The van der Waals surface area contributed by atoms with E-state index in [4.69, 9.17) is 0 Å². The number of carbonyl (C=O) groups is 2. The van der Waals surface area contributed by atoms with Gasteiger partial charge in [-0.05, 0) is 44.7 Å². The summed E-state index contributed by atoms with van der Waals surface area (Å²) >= 11 is 0. The van der Waals surface area contributed by atoms with Crippen LogP contribution in [0, 0.1) is 5.92 Å². The van der Waals surface area contributed by atoms with E-state index in [0.29, 0.717) is 19.0 Å². The van der Waals surface area contributed by atoms with E-state index < -0.39 is 0 Å². The normalized spacial score (nSPS) is 22.1. The van der Waals surface area contributed by atoms with Crippen molar-refractivity contribution in [1.82, 2.24) is 20.0 Å². The SMILES string of the molecule is CC(=O)N(CCN1CCCCC1)C1CCCN(C(=O)NCC(C)C)C1. The molecule has 0 aromatic rings. The Morgan fingerprint density at radius 1 is 1.12 bits per heavy atom.